The molecule has 0 saturated heterocycles. The zero-order valence-corrected chi connectivity index (χ0v) is 12.6. The maximum absolute atomic E-state index is 4.79. The van der Waals surface area contributed by atoms with Crippen LogP contribution in [0.4, 0.5) is 5.82 Å². The van der Waals surface area contributed by atoms with Gasteiger partial charge in [0.1, 0.15) is 11.6 Å². The monoisotopic (exact) mass is 277 g/mol. The quantitative estimate of drug-likeness (QED) is 0.893. The Hall–Kier alpha value is -0.770. The van der Waals surface area contributed by atoms with Crippen LogP contribution in [0.15, 0.2) is 0 Å². The summed E-state index contributed by atoms with van der Waals surface area (Å²) in [5, 5.41) is 4.26. The van der Waals surface area contributed by atoms with E-state index in [0.717, 1.165) is 42.0 Å². The summed E-state index contributed by atoms with van der Waals surface area (Å²) in [5.74, 6) is 3.12. The fourth-order valence-electron chi connectivity index (χ4n) is 3.11. The third-order valence-electron chi connectivity index (χ3n) is 4.07. The van der Waals surface area contributed by atoms with Crippen LogP contribution in [-0.2, 0) is 18.6 Å². The zero-order chi connectivity index (χ0) is 13.1. The van der Waals surface area contributed by atoms with Crippen molar-refractivity contribution in [3.63, 3.8) is 0 Å². The summed E-state index contributed by atoms with van der Waals surface area (Å²) in [6, 6.07) is 0. The highest BCUT2D eigenvalue weighted by Crippen LogP contribution is 2.32. The number of nitrogens with zero attached hydrogens (tertiary/aromatic N) is 2. The van der Waals surface area contributed by atoms with Gasteiger partial charge in [0, 0.05) is 23.1 Å². The highest BCUT2D eigenvalue weighted by Gasteiger charge is 2.20. The number of rotatable bonds is 5. The van der Waals surface area contributed by atoms with Crippen LogP contribution in [-0.4, -0.2) is 21.8 Å². The fraction of sp³-hybridized carbons (Fsp3) is 0.733. The summed E-state index contributed by atoms with van der Waals surface area (Å²) in [7, 11) is 0. The summed E-state index contributed by atoms with van der Waals surface area (Å²) < 4.78 is 0. The summed E-state index contributed by atoms with van der Waals surface area (Å²) >= 11 is 2.06. The Labute approximate surface area is 120 Å². The molecule has 1 heterocycles. The topological polar surface area (TPSA) is 37.8 Å². The van der Waals surface area contributed by atoms with Gasteiger partial charge in [-0.3, -0.25) is 0 Å². The molecule has 1 saturated carbocycles. The van der Waals surface area contributed by atoms with Crippen LogP contribution in [0.25, 0.3) is 0 Å². The maximum atomic E-state index is 4.79. The highest BCUT2D eigenvalue weighted by atomic mass is 32.2. The number of anilines is 1. The van der Waals surface area contributed by atoms with Crippen molar-refractivity contribution in [1.29, 1.82) is 0 Å². The van der Waals surface area contributed by atoms with E-state index in [0.29, 0.717) is 0 Å². The molecule has 1 aromatic heterocycles. The highest BCUT2D eigenvalue weighted by molar-refractivity contribution is 7.99. The van der Waals surface area contributed by atoms with Gasteiger partial charge in [0.15, 0.2) is 0 Å². The van der Waals surface area contributed by atoms with E-state index in [1.54, 1.807) is 0 Å². The van der Waals surface area contributed by atoms with Crippen molar-refractivity contribution in [3.05, 3.63) is 17.1 Å². The molecule has 4 heteroatoms. The van der Waals surface area contributed by atoms with Crippen LogP contribution in [0, 0.1) is 0 Å². The van der Waals surface area contributed by atoms with Crippen molar-refractivity contribution >= 4 is 17.6 Å². The third-order valence-corrected chi connectivity index (χ3v) is 5.44. The molecule has 3 rings (SSSR count). The molecule has 0 radical (unpaired) electrons. The van der Waals surface area contributed by atoms with Crippen LogP contribution in [0.5, 0.6) is 0 Å². The molecule has 0 spiro atoms. The first-order valence-electron chi connectivity index (χ1n) is 7.61. The molecule has 1 N–H and O–H groups in total. The standard InChI is InChI=1S/C15H23N3S/c1-2-16-15-12-8-5-9-13(12)17-14(18-15)10-19-11-6-3-4-7-11/h11H,2-10H2,1H3,(H,16,17,18). The van der Waals surface area contributed by atoms with Gasteiger partial charge in [-0.15, -0.1) is 0 Å². The molecule has 104 valence electrons. The van der Waals surface area contributed by atoms with Crippen molar-refractivity contribution in [2.45, 2.75) is 62.9 Å². The Morgan fingerprint density at radius 1 is 1.16 bits per heavy atom. The van der Waals surface area contributed by atoms with Crippen molar-refractivity contribution in [3.8, 4) is 0 Å². The zero-order valence-electron chi connectivity index (χ0n) is 11.7. The number of fused-ring (bicyclic) bond motifs is 1. The normalized spacial score (nSPS) is 18.8. The lowest BCUT2D eigenvalue weighted by Gasteiger charge is -2.12. The lowest BCUT2D eigenvalue weighted by Crippen LogP contribution is -2.08. The van der Waals surface area contributed by atoms with E-state index in [1.165, 1.54) is 43.4 Å². The van der Waals surface area contributed by atoms with E-state index in [2.05, 4.69) is 24.0 Å². The van der Waals surface area contributed by atoms with Gasteiger partial charge in [-0.05, 0) is 39.0 Å². The number of aromatic nitrogens is 2. The Balaban J connectivity index is 1.72. The molecule has 0 unspecified atom stereocenters. The number of hydrogen-bond acceptors (Lipinski definition) is 4. The van der Waals surface area contributed by atoms with E-state index in [1.807, 2.05) is 0 Å². The van der Waals surface area contributed by atoms with Crippen molar-refractivity contribution < 1.29 is 0 Å². The van der Waals surface area contributed by atoms with Gasteiger partial charge < -0.3 is 5.32 Å². The molecule has 19 heavy (non-hydrogen) atoms. The van der Waals surface area contributed by atoms with Crippen molar-refractivity contribution in [2.24, 2.45) is 0 Å². The summed E-state index contributed by atoms with van der Waals surface area (Å²) in [4.78, 5) is 9.54. The van der Waals surface area contributed by atoms with Gasteiger partial charge in [-0.2, -0.15) is 11.8 Å². The molecule has 0 bridgehead atoms. The second-order valence-corrected chi connectivity index (χ2v) is 6.80. The molecule has 2 aliphatic carbocycles. The van der Waals surface area contributed by atoms with Crippen LogP contribution >= 0.6 is 11.8 Å². The minimum Gasteiger partial charge on any atom is -0.370 e. The van der Waals surface area contributed by atoms with E-state index in [-0.39, 0.29) is 0 Å². The predicted octanol–water partition coefficient (Wildman–Crippen LogP) is 3.57. The smallest absolute Gasteiger partial charge is 0.140 e. The van der Waals surface area contributed by atoms with Gasteiger partial charge in [-0.1, -0.05) is 12.8 Å². The van der Waals surface area contributed by atoms with Crippen LogP contribution in [0.1, 0.15) is 56.1 Å². The van der Waals surface area contributed by atoms with Crippen LogP contribution in [0.3, 0.4) is 0 Å². The first kappa shape index (κ1) is 13.2. The van der Waals surface area contributed by atoms with Crippen molar-refractivity contribution in [2.75, 3.05) is 11.9 Å². The summed E-state index contributed by atoms with van der Waals surface area (Å²) in [6.07, 6.45) is 9.11. The van der Waals surface area contributed by atoms with E-state index < -0.39 is 0 Å². The van der Waals surface area contributed by atoms with Gasteiger partial charge in [0.05, 0.1) is 5.75 Å². The first-order valence-corrected chi connectivity index (χ1v) is 8.66. The fourth-order valence-corrected chi connectivity index (χ4v) is 4.29. The molecule has 0 atom stereocenters. The summed E-state index contributed by atoms with van der Waals surface area (Å²) in [5.41, 5.74) is 2.67. The lowest BCUT2D eigenvalue weighted by molar-refractivity contribution is 0.886. The van der Waals surface area contributed by atoms with Gasteiger partial charge in [-0.25, -0.2) is 9.97 Å². The SMILES string of the molecule is CCNc1nc(CSC2CCCC2)nc2c1CCC2. The molecular formula is C15H23N3S. The number of thioether (sulfide) groups is 1. The Bertz CT molecular complexity index is 441. The number of aryl methyl sites for hydroxylation is 1. The van der Waals surface area contributed by atoms with Gasteiger partial charge in [0.25, 0.3) is 0 Å². The van der Waals surface area contributed by atoms with E-state index >= 15 is 0 Å². The predicted molar refractivity (Wildman–Crippen MR) is 81.8 cm³/mol. The average molecular weight is 277 g/mol. The third kappa shape index (κ3) is 3.04. The largest absolute Gasteiger partial charge is 0.370 e. The van der Waals surface area contributed by atoms with E-state index in [4.69, 9.17) is 9.97 Å². The second-order valence-electron chi connectivity index (χ2n) is 5.52. The number of nitrogens with one attached hydrogen (secondary N) is 1. The van der Waals surface area contributed by atoms with E-state index in [9.17, 15) is 0 Å². The minimum absolute atomic E-state index is 0.847. The molecule has 1 fully saturated rings. The molecule has 0 aromatic carbocycles. The van der Waals surface area contributed by atoms with Crippen molar-refractivity contribution in [1.82, 2.24) is 9.97 Å². The van der Waals surface area contributed by atoms with Crippen LogP contribution < -0.4 is 5.32 Å². The van der Waals surface area contributed by atoms with Crippen LogP contribution in [0.2, 0.25) is 0 Å². The first-order chi connectivity index (χ1) is 9.36. The van der Waals surface area contributed by atoms with Gasteiger partial charge >= 0.3 is 0 Å². The molecule has 2 aliphatic rings. The molecule has 0 amide bonds. The lowest BCUT2D eigenvalue weighted by atomic mass is 10.2. The Morgan fingerprint density at radius 2 is 2.00 bits per heavy atom. The molecule has 3 nitrogen and oxygen atoms in total. The Morgan fingerprint density at radius 3 is 2.79 bits per heavy atom. The minimum atomic E-state index is 0.847. The molecule has 1 aromatic rings. The number of hydrogen-bond donors (Lipinski definition) is 1. The molecule has 0 aliphatic heterocycles. The maximum Gasteiger partial charge on any atom is 0.140 e. The summed E-state index contributed by atoms with van der Waals surface area (Å²) in [6.45, 7) is 3.08. The average Bonchev–Trinajstić information content (AvgIpc) is 3.08. The molecular weight excluding hydrogens is 254 g/mol. The second kappa shape index (κ2) is 6.12. The Kier molecular flexibility index (Phi) is 4.26. The van der Waals surface area contributed by atoms with Gasteiger partial charge in [0.2, 0.25) is 0 Å².